The van der Waals surface area contributed by atoms with Crippen molar-refractivity contribution in [1.82, 2.24) is 15.3 Å². The molecule has 34 heavy (non-hydrogen) atoms. The fourth-order valence-electron chi connectivity index (χ4n) is 4.93. The molecule has 2 aromatic carbocycles. The van der Waals surface area contributed by atoms with Crippen molar-refractivity contribution in [2.75, 3.05) is 12.4 Å². The first kappa shape index (κ1) is 21.8. The van der Waals surface area contributed by atoms with Gasteiger partial charge in [0.1, 0.15) is 5.75 Å². The lowest BCUT2D eigenvalue weighted by Crippen LogP contribution is -2.27. The summed E-state index contributed by atoms with van der Waals surface area (Å²) in [5.74, 6) is 1.25. The lowest BCUT2D eigenvalue weighted by Gasteiger charge is -2.31. The van der Waals surface area contributed by atoms with Gasteiger partial charge in [0, 0.05) is 42.7 Å². The summed E-state index contributed by atoms with van der Waals surface area (Å²) in [7, 11) is 1.64. The fourth-order valence-corrected chi connectivity index (χ4v) is 4.93. The van der Waals surface area contributed by atoms with Gasteiger partial charge in [-0.25, -0.2) is 9.97 Å². The number of hydrogen-bond acceptors (Lipinski definition) is 7. The zero-order valence-corrected chi connectivity index (χ0v) is 18.8. The molecular weight excluding hydrogens is 434 g/mol. The molecule has 1 fully saturated rings. The Hall–Kier alpha value is -4.01. The first-order valence-corrected chi connectivity index (χ1v) is 11.3. The van der Waals surface area contributed by atoms with Crippen LogP contribution in [0.4, 0.5) is 11.6 Å². The molecule has 0 radical (unpaired) electrons. The molecule has 0 unspecified atom stereocenters. The lowest BCUT2D eigenvalue weighted by molar-refractivity contribution is -0.385. The Morgan fingerprint density at radius 3 is 2.59 bits per heavy atom. The normalized spacial score (nSPS) is 19.3. The van der Waals surface area contributed by atoms with Crippen molar-refractivity contribution in [3.63, 3.8) is 0 Å². The SMILES string of the molecule is COc1ccc(-c2cnc(N[C@@H]3CCC[C@H](c4cc([N+](=O)[O-])cc5c4CNC5=O)C3)nc2)cc1. The Bertz CT molecular complexity index is 1230. The highest BCUT2D eigenvalue weighted by Gasteiger charge is 2.32. The van der Waals surface area contributed by atoms with Gasteiger partial charge in [0.25, 0.3) is 11.6 Å². The number of rotatable bonds is 6. The molecule has 2 heterocycles. The number of benzene rings is 2. The van der Waals surface area contributed by atoms with Gasteiger partial charge in [-0.1, -0.05) is 18.6 Å². The van der Waals surface area contributed by atoms with Crippen LogP contribution in [0.3, 0.4) is 0 Å². The second kappa shape index (κ2) is 9.09. The topological polar surface area (TPSA) is 119 Å². The van der Waals surface area contributed by atoms with Crippen LogP contribution in [0.1, 0.15) is 53.1 Å². The molecule has 2 N–H and O–H groups in total. The highest BCUT2D eigenvalue weighted by Crippen LogP contribution is 2.39. The minimum Gasteiger partial charge on any atom is -0.497 e. The molecule has 1 aliphatic heterocycles. The third kappa shape index (κ3) is 4.28. The van der Waals surface area contributed by atoms with Crippen molar-refractivity contribution in [2.45, 2.75) is 44.2 Å². The van der Waals surface area contributed by atoms with Crippen LogP contribution in [-0.4, -0.2) is 34.0 Å². The van der Waals surface area contributed by atoms with Gasteiger partial charge in [-0.15, -0.1) is 0 Å². The average molecular weight is 460 g/mol. The van der Waals surface area contributed by atoms with Crippen LogP contribution in [0, 0.1) is 10.1 Å². The van der Waals surface area contributed by atoms with Gasteiger partial charge in [0.15, 0.2) is 0 Å². The lowest BCUT2D eigenvalue weighted by atomic mass is 9.79. The van der Waals surface area contributed by atoms with Crippen LogP contribution in [0.25, 0.3) is 11.1 Å². The highest BCUT2D eigenvalue weighted by atomic mass is 16.6. The van der Waals surface area contributed by atoms with E-state index in [0.717, 1.165) is 53.7 Å². The van der Waals surface area contributed by atoms with E-state index in [2.05, 4.69) is 20.6 Å². The smallest absolute Gasteiger partial charge is 0.270 e. The molecule has 0 spiro atoms. The second-order valence-corrected chi connectivity index (χ2v) is 8.73. The van der Waals surface area contributed by atoms with E-state index >= 15 is 0 Å². The van der Waals surface area contributed by atoms with Crippen molar-refractivity contribution >= 4 is 17.5 Å². The fraction of sp³-hybridized carbons (Fsp3) is 0.320. The van der Waals surface area contributed by atoms with E-state index in [-0.39, 0.29) is 23.6 Å². The summed E-state index contributed by atoms with van der Waals surface area (Å²) in [6, 6.07) is 10.9. The van der Waals surface area contributed by atoms with Crippen LogP contribution in [-0.2, 0) is 6.54 Å². The number of nitrogens with zero attached hydrogens (tertiary/aromatic N) is 3. The van der Waals surface area contributed by atoms with Crippen molar-refractivity contribution in [3.8, 4) is 16.9 Å². The molecule has 1 aromatic heterocycles. The van der Waals surface area contributed by atoms with Gasteiger partial charge in [-0.05, 0) is 54.0 Å². The number of methoxy groups -OCH3 is 1. The van der Waals surface area contributed by atoms with Crippen LogP contribution in [0.15, 0.2) is 48.8 Å². The number of hydrogen-bond donors (Lipinski definition) is 2. The summed E-state index contributed by atoms with van der Waals surface area (Å²) in [6.45, 7) is 0.423. The van der Waals surface area contributed by atoms with E-state index in [4.69, 9.17) is 4.74 Å². The second-order valence-electron chi connectivity index (χ2n) is 8.73. The molecule has 9 heteroatoms. The van der Waals surface area contributed by atoms with Crippen molar-refractivity contribution < 1.29 is 14.5 Å². The van der Waals surface area contributed by atoms with E-state index in [1.54, 1.807) is 25.6 Å². The molecule has 0 bridgehead atoms. The first-order chi connectivity index (χ1) is 16.5. The van der Waals surface area contributed by atoms with Crippen LogP contribution < -0.4 is 15.4 Å². The molecule has 1 aliphatic carbocycles. The largest absolute Gasteiger partial charge is 0.497 e. The maximum Gasteiger partial charge on any atom is 0.270 e. The Morgan fingerprint density at radius 2 is 1.88 bits per heavy atom. The summed E-state index contributed by atoms with van der Waals surface area (Å²) in [4.78, 5) is 32.2. The molecule has 3 aromatic rings. The third-order valence-electron chi connectivity index (χ3n) is 6.67. The van der Waals surface area contributed by atoms with Gasteiger partial charge in [-0.3, -0.25) is 14.9 Å². The van der Waals surface area contributed by atoms with Gasteiger partial charge >= 0.3 is 0 Å². The maximum atomic E-state index is 12.2. The first-order valence-electron chi connectivity index (χ1n) is 11.3. The summed E-state index contributed by atoms with van der Waals surface area (Å²) < 4.78 is 5.20. The predicted molar refractivity (Wildman–Crippen MR) is 127 cm³/mol. The van der Waals surface area contributed by atoms with Crippen LogP contribution in [0.5, 0.6) is 5.75 Å². The van der Waals surface area contributed by atoms with Gasteiger partial charge in [-0.2, -0.15) is 0 Å². The van der Waals surface area contributed by atoms with E-state index in [0.29, 0.717) is 18.1 Å². The minimum atomic E-state index is -0.424. The summed E-state index contributed by atoms with van der Waals surface area (Å²) in [5, 5.41) is 17.7. The van der Waals surface area contributed by atoms with E-state index in [1.165, 1.54) is 6.07 Å². The maximum absolute atomic E-state index is 12.2. The molecule has 0 saturated heterocycles. The molecule has 1 amide bonds. The number of non-ortho nitro benzene ring substituents is 1. The standard InChI is InChI=1S/C25H25N5O4/c1-34-20-7-5-15(6-8-20)17-12-27-25(28-13-17)29-18-4-2-3-16(9-18)21-10-19(30(32)33)11-22-23(21)14-26-24(22)31/h5-8,10-13,16,18H,2-4,9,14H2,1H3,(H,26,31)(H,27,28,29)/t16-,18+/m0/s1. The summed E-state index contributed by atoms with van der Waals surface area (Å²) in [6.07, 6.45) is 7.26. The third-order valence-corrected chi connectivity index (χ3v) is 6.67. The number of carbonyl (C=O) groups excluding carboxylic acids is 1. The number of anilines is 1. The van der Waals surface area contributed by atoms with Gasteiger partial charge in [0.2, 0.25) is 5.95 Å². The summed E-state index contributed by atoms with van der Waals surface area (Å²) in [5.41, 5.74) is 4.12. The van der Waals surface area contributed by atoms with E-state index in [9.17, 15) is 14.9 Å². The number of amides is 1. The Labute approximate surface area is 196 Å². The molecular formula is C25H25N5O4. The Kier molecular flexibility index (Phi) is 5.83. The van der Waals surface area contributed by atoms with Crippen molar-refractivity contribution in [1.29, 1.82) is 0 Å². The Morgan fingerprint density at radius 1 is 1.12 bits per heavy atom. The number of nitrogens with one attached hydrogen (secondary N) is 2. The molecule has 1 saturated carbocycles. The number of aromatic nitrogens is 2. The number of nitro benzene ring substituents is 1. The molecule has 174 valence electrons. The van der Waals surface area contributed by atoms with E-state index < -0.39 is 4.92 Å². The number of carbonyl (C=O) groups is 1. The monoisotopic (exact) mass is 459 g/mol. The Balaban J connectivity index is 1.31. The minimum absolute atomic E-state index is 0.0293. The van der Waals surface area contributed by atoms with Crippen LogP contribution in [0.2, 0.25) is 0 Å². The summed E-state index contributed by atoms with van der Waals surface area (Å²) >= 11 is 0. The van der Waals surface area contributed by atoms with Crippen molar-refractivity contribution in [2.24, 2.45) is 0 Å². The quantitative estimate of drug-likeness (QED) is 0.413. The van der Waals surface area contributed by atoms with Crippen LogP contribution >= 0.6 is 0 Å². The molecule has 2 aliphatic rings. The predicted octanol–water partition coefficient (Wildman–Crippen LogP) is 4.44. The van der Waals surface area contributed by atoms with Gasteiger partial charge < -0.3 is 15.4 Å². The number of fused-ring (bicyclic) bond motifs is 1. The van der Waals surface area contributed by atoms with Gasteiger partial charge in [0.05, 0.1) is 17.6 Å². The van der Waals surface area contributed by atoms with E-state index in [1.807, 2.05) is 24.3 Å². The average Bonchev–Trinajstić information content (AvgIpc) is 3.25. The zero-order valence-electron chi connectivity index (χ0n) is 18.8. The number of nitro groups is 1. The molecule has 2 atom stereocenters. The zero-order chi connectivity index (χ0) is 23.7. The molecule has 9 nitrogen and oxygen atoms in total. The van der Waals surface area contributed by atoms with Crippen molar-refractivity contribution in [3.05, 3.63) is 75.6 Å². The molecule has 5 rings (SSSR count). The highest BCUT2D eigenvalue weighted by molar-refractivity contribution is 5.99. The number of ether oxygens (including phenoxy) is 1.